The zero-order valence-electron chi connectivity index (χ0n) is 11.7. The Hall–Kier alpha value is -1.39. The van der Waals surface area contributed by atoms with Gasteiger partial charge in [-0.15, -0.1) is 22.9 Å². The van der Waals surface area contributed by atoms with Crippen LogP contribution in [0.1, 0.15) is 28.2 Å². The number of rotatable bonds is 3. The third kappa shape index (κ3) is 3.44. The number of amides is 1. The smallest absolute Gasteiger partial charge is 0.229 e. The summed E-state index contributed by atoms with van der Waals surface area (Å²) >= 11 is 7.27. The predicted octanol–water partition coefficient (Wildman–Crippen LogP) is 3.40. The van der Waals surface area contributed by atoms with Gasteiger partial charge in [0, 0.05) is 18.5 Å². The summed E-state index contributed by atoms with van der Waals surface area (Å²) in [6, 6.07) is 8.40. The molecule has 2 aromatic rings. The number of nitrogens with zero attached hydrogens (tertiary/aromatic N) is 2. The van der Waals surface area contributed by atoms with Crippen molar-refractivity contribution in [1.82, 2.24) is 9.88 Å². The van der Waals surface area contributed by atoms with E-state index >= 15 is 0 Å². The highest BCUT2D eigenvalue weighted by molar-refractivity contribution is 7.09. The SMILES string of the molecule is O=C(Cc1nc(CCl)cs1)N1CCCc2ccccc2C1. The minimum absolute atomic E-state index is 0.155. The molecule has 2 heterocycles. The number of thiazole rings is 1. The zero-order valence-corrected chi connectivity index (χ0v) is 13.3. The summed E-state index contributed by atoms with van der Waals surface area (Å²) in [5.74, 6) is 0.559. The lowest BCUT2D eigenvalue weighted by Gasteiger charge is -2.20. The molecule has 1 aromatic heterocycles. The highest BCUT2D eigenvalue weighted by Crippen LogP contribution is 2.20. The van der Waals surface area contributed by atoms with Crippen LogP contribution in [0.5, 0.6) is 0 Å². The number of benzene rings is 1. The first kappa shape index (κ1) is 14.5. The van der Waals surface area contributed by atoms with Crippen molar-refractivity contribution in [2.24, 2.45) is 0 Å². The first-order valence-electron chi connectivity index (χ1n) is 7.10. The molecule has 0 saturated heterocycles. The maximum atomic E-state index is 12.5. The fraction of sp³-hybridized carbons (Fsp3) is 0.375. The van der Waals surface area contributed by atoms with Crippen LogP contribution in [0, 0.1) is 0 Å². The van der Waals surface area contributed by atoms with Crippen molar-refractivity contribution in [3.05, 3.63) is 51.5 Å². The molecular weight excluding hydrogens is 304 g/mol. The Kier molecular flexibility index (Phi) is 4.56. The van der Waals surface area contributed by atoms with E-state index < -0.39 is 0 Å². The van der Waals surface area contributed by atoms with Crippen molar-refractivity contribution < 1.29 is 4.79 Å². The monoisotopic (exact) mass is 320 g/mol. The van der Waals surface area contributed by atoms with Gasteiger partial charge in [0.25, 0.3) is 0 Å². The van der Waals surface area contributed by atoms with Gasteiger partial charge in [-0.1, -0.05) is 24.3 Å². The van der Waals surface area contributed by atoms with Gasteiger partial charge >= 0.3 is 0 Å². The van der Waals surface area contributed by atoms with Gasteiger partial charge in [0.05, 0.1) is 18.0 Å². The second-order valence-electron chi connectivity index (χ2n) is 5.23. The molecule has 0 bridgehead atoms. The molecule has 1 aromatic carbocycles. The molecule has 1 aliphatic rings. The van der Waals surface area contributed by atoms with Gasteiger partial charge in [-0.2, -0.15) is 0 Å². The molecule has 21 heavy (non-hydrogen) atoms. The third-order valence-electron chi connectivity index (χ3n) is 3.75. The van der Waals surface area contributed by atoms with E-state index in [-0.39, 0.29) is 5.91 Å². The topological polar surface area (TPSA) is 33.2 Å². The van der Waals surface area contributed by atoms with Crippen molar-refractivity contribution in [3.8, 4) is 0 Å². The van der Waals surface area contributed by atoms with Gasteiger partial charge in [0.2, 0.25) is 5.91 Å². The second kappa shape index (κ2) is 6.58. The average Bonchev–Trinajstić information content (AvgIpc) is 2.83. The number of carbonyl (C=O) groups excluding carboxylic acids is 1. The summed E-state index contributed by atoms with van der Waals surface area (Å²) in [6.45, 7) is 1.53. The van der Waals surface area contributed by atoms with Crippen molar-refractivity contribution in [2.75, 3.05) is 6.54 Å². The van der Waals surface area contributed by atoms with Crippen LogP contribution in [0.3, 0.4) is 0 Å². The first-order chi connectivity index (χ1) is 10.3. The van der Waals surface area contributed by atoms with Crippen LogP contribution in [-0.2, 0) is 30.1 Å². The second-order valence-corrected chi connectivity index (χ2v) is 6.44. The molecule has 110 valence electrons. The van der Waals surface area contributed by atoms with Crippen LogP contribution in [0.25, 0.3) is 0 Å². The number of carbonyl (C=O) groups is 1. The lowest BCUT2D eigenvalue weighted by Crippen LogP contribution is -2.31. The largest absolute Gasteiger partial charge is 0.338 e. The molecule has 3 rings (SSSR count). The molecule has 0 N–H and O–H groups in total. The molecule has 3 nitrogen and oxygen atoms in total. The highest BCUT2D eigenvalue weighted by atomic mass is 35.5. The molecule has 0 saturated carbocycles. The third-order valence-corrected chi connectivity index (χ3v) is 4.92. The van der Waals surface area contributed by atoms with E-state index in [0.717, 1.165) is 30.1 Å². The van der Waals surface area contributed by atoms with Crippen LogP contribution in [0.2, 0.25) is 0 Å². The van der Waals surface area contributed by atoms with Crippen LogP contribution in [0.4, 0.5) is 0 Å². The molecule has 5 heteroatoms. The predicted molar refractivity (Wildman–Crippen MR) is 85.6 cm³/mol. The van der Waals surface area contributed by atoms with Crippen molar-refractivity contribution in [1.29, 1.82) is 0 Å². The number of aryl methyl sites for hydroxylation is 1. The lowest BCUT2D eigenvalue weighted by atomic mass is 10.0. The quantitative estimate of drug-likeness (QED) is 0.812. The summed E-state index contributed by atoms with van der Waals surface area (Å²) in [6.07, 6.45) is 2.45. The molecule has 0 unspecified atom stereocenters. The van der Waals surface area contributed by atoms with Gasteiger partial charge in [-0.25, -0.2) is 4.98 Å². The van der Waals surface area contributed by atoms with Crippen molar-refractivity contribution in [3.63, 3.8) is 0 Å². The van der Waals surface area contributed by atoms with Crippen LogP contribution in [0.15, 0.2) is 29.6 Å². The Balaban J connectivity index is 1.70. The Bertz CT molecular complexity index is 641. The van der Waals surface area contributed by atoms with E-state index in [9.17, 15) is 4.79 Å². The average molecular weight is 321 g/mol. The van der Waals surface area contributed by atoms with Crippen molar-refractivity contribution >= 4 is 28.8 Å². The molecule has 1 amide bonds. The van der Waals surface area contributed by atoms with Gasteiger partial charge in [0.15, 0.2) is 0 Å². The van der Waals surface area contributed by atoms with E-state index in [1.165, 1.54) is 22.5 Å². The first-order valence-corrected chi connectivity index (χ1v) is 8.51. The number of aromatic nitrogens is 1. The summed E-state index contributed by atoms with van der Waals surface area (Å²) in [5.41, 5.74) is 3.49. The molecule has 0 spiro atoms. The minimum atomic E-state index is 0.155. The van der Waals surface area contributed by atoms with E-state index in [1.54, 1.807) is 0 Å². The molecule has 0 radical (unpaired) electrons. The Labute approximate surface area is 133 Å². The fourth-order valence-corrected chi connectivity index (χ4v) is 3.66. The van der Waals surface area contributed by atoms with Gasteiger partial charge in [-0.05, 0) is 24.0 Å². The normalized spacial score (nSPS) is 14.6. The van der Waals surface area contributed by atoms with Gasteiger partial charge in [-0.3, -0.25) is 4.79 Å². The molecule has 1 aliphatic heterocycles. The fourth-order valence-electron chi connectivity index (χ4n) is 2.65. The number of alkyl halides is 1. The highest BCUT2D eigenvalue weighted by Gasteiger charge is 2.19. The van der Waals surface area contributed by atoms with Crippen LogP contribution < -0.4 is 0 Å². The van der Waals surface area contributed by atoms with Crippen LogP contribution >= 0.6 is 22.9 Å². The molecule has 0 fully saturated rings. The summed E-state index contributed by atoms with van der Waals surface area (Å²) in [5, 5.41) is 2.78. The minimum Gasteiger partial charge on any atom is -0.338 e. The Morgan fingerprint density at radius 3 is 2.90 bits per heavy atom. The maximum Gasteiger partial charge on any atom is 0.229 e. The standard InChI is InChI=1S/C16H17ClN2OS/c17-9-14-11-21-15(18-14)8-16(20)19-7-3-6-12-4-1-2-5-13(12)10-19/h1-2,4-5,11H,3,6-10H2. The van der Waals surface area contributed by atoms with Gasteiger partial charge in [0.1, 0.15) is 5.01 Å². The number of hydrogen-bond donors (Lipinski definition) is 0. The number of halogens is 1. The Morgan fingerprint density at radius 1 is 1.33 bits per heavy atom. The zero-order chi connectivity index (χ0) is 14.7. The van der Waals surface area contributed by atoms with Gasteiger partial charge < -0.3 is 4.90 Å². The maximum absolute atomic E-state index is 12.5. The van der Waals surface area contributed by atoms with E-state index in [2.05, 4.69) is 23.2 Å². The Morgan fingerprint density at radius 2 is 2.14 bits per heavy atom. The number of hydrogen-bond acceptors (Lipinski definition) is 3. The summed E-state index contributed by atoms with van der Waals surface area (Å²) < 4.78 is 0. The van der Waals surface area contributed by atoms with Crippen molar-refractivity contribution in [2.45, 2.75) is 31.7 Å². The molecule has 0 atom stereocenters. The molecular formula is C16H17ClN2OS. The summed E-state index contributed by atoms with van der Waals surface area (Å²) in [7, 11) is 0. The summed E-state index contributed by atoms with van der Waals surface area (Å²) in [4.78, 5) is 18.8. The molecule has 0 aliphatic carbocycles. The van der Waals surface area contributed by atoms with E-state index in [1.807, 2.05) is 16.3 Å². The number of fused-ring (bicyclic) bond motifs is 1. The lowest BCUT2D eigenvalue weighted by molar-refractivity contribution is -0.131. The van der Waals surface area contributed by atoms with E-state index in [4.69, 9.17) is 11.6 Å². The van der Waals surface area contributed by atoms with E-state index in [0.29, 0.717) is 18.8 Å². The van der Waals surface area contributed by atoms with Crippen LogP contribution in [-0.4, -0.2) is 22.3 Å².